The van der Waals surface area contributed by atoms with Crippen LogP contribution >= 0.6 is 23.2 Å². The van der Waals surface area contributed by atoms with Gasteiger partial charge in [0.1, 0.15) is 16.5 Å². The van der Waals surface area contributed by atoms with E-state index in [1.54, 1.807) is 24.3 Å². The molecule has 0 heterocycles. The predicted molar refractivity (Wildman–Crippen MR) is 74.0 cm³/mol. The van der Waals surface area contributed by atoms with Crippen molar-refractivity contribution in [3.63, 3.8) is 0 Å². The van der Waals surface area contributed by atoms with Crippen molar-refractivity contribution in [3.05, 3.63) is 56.6 Å². The first-order valence-corrected chi connectivity index (χ1v) is 5.91. The molecule has 0 fully saturated rings. The highest BCUT2D eigenvalue weighted by Crippen LogP contribution is 2.39. The smallest absolute Gasteiger partial charge is 0.334 e. The fraction of sp³-hybridized carbons (Fsp3) is 0. The molecule has 0 aromatic heterocycles. The van der Waals surface area contributed by atoms with Gasteiger partial charge in [-0.05, 0) is 24.3 Å². The molecular weight excluding hydrogens is 291 g/mol. The van der Waals surface area contributed by atoms with Gasteiger partial charge in [0, 0.05) is 0 Å². The summed E-state index contributed by atoms with van der Waals surface area (Å²) in [5.74, 6) is 0.233. The molecule has 2 rings (SSSR count). The van der Waals surface area contributed by atoms with Crippen molar-refractivity contribution in [1.82, 2.24) is 0 Å². The van der Waals surface area contributed by atoms with E-state index in [4.69, 9.17) is 33.7 Å². The summed E-state index contributed by atoms with van der Waals surface area (Å²) in [5, 5.41) is 11.4. The fourth-order valence-electron chi connectivity index (χ4n) is 1.50. The molecule has 5 nitrogen and oxygen atoms in total. The number of anilines is 1. The lowest BCUT2D eigenvalue weighted by atomic mass is 10.2. The first-order valence-electron chi connectivity index (χ1n) is 5.15. The highest BCUT2D eigenvalue weighted by atomic mass is 35.5. The number of nitro benzene ring substituents is 1. The van der Waals surface area contributed by atoms with Gasteiger partial charge in [-0.3, -0.25) is 10.1 Å². The van der Waals surface area contributed by atoms with Crippen LogP contribution in [0.3, 0.4) is 0 Å². The molecule has 0 spiro atoms. The second-order valence-corrected chi connectivity index (χ2v) is 4.39. The molecule has 0 amide bonds. The van der Waals surface area contributed by atoms with E-state index < -0.39 is 4.92 Å². The topological polar surface area (TPSA) is 78.4 Å². The van der Waals surface area contributed by atoms with Gasteiger partial charge >= 0.3 is 5.69 Å². The van der Waals surface area contributed by atoms with E-state index in [1.165, 1.54) is 12.1 Å². The maximum Gasteiger partial charge on any atom is 0.334 e. The van der Waals surface area contributed by atoms with E-state index >= 15 is 0 Å². The minimum Gasteiger partial charge on any atom is -0.448 e. The Bertz CT molecular complexity index is 647. The van der Waals surface area contributed by atoms with Gasteiger partial charge in [-0.15, -0.1) is 0 Å². The lowest BCUT2D eigenvalue weighted by molar-refractivity contribution is -0.384. The lowest BCUT2D eigenvalue weighted by Crippen LogP contribution is -1.98. The van der Waals surface area contributed by atoms with Crippen LogP contribution in [0.5, 0.6) is 11.5 Å². The zero-order chi connectivity index (χ0) is 14.0. The van der Waals surface area contributed by atoms with Crippen LogP contribution in [0.2, 0.25) is 10.0 Å². The molecular formula is C12H8Cl2N2O3. The van der Waals surface area contributed by atoms with Gasteiger partial charge in [0.2, 0.25) is 5.75 Å². The SMILES string of the molecule is Nc1cccc(Oc2cccc(Cl)c2Cl)c1[N+](=O)[O-]. The molecule has 19 heavy (non-hydrogen) atoms. The monoisotopic (exact) mass is 298 g/mol. The number of nitro groups is 1. The van der Waals surface area contributed by atoms with Crippen molar-refractivity contribution in [3.8, 4) is 11.5 Å². The lowest BCUT2D eigenvalue weighted by Gasteiger charge is -2.09. The summed E-state index contributed by atoms with van der Waals surface area (Å²) in [5.41, 5.74) is 5.27. The van der Waals surface area contributed by atoms with Crippen molar-refractivity contribution in [2.24, 2.45) is 0 Å². The summed E-state index contributed by atoms with van der Waals surface area (Å²) in [4.78, 5) is 10.4. The number of para-hydroxylation sites is 1. The molecule has 2 aromatic carbocycles. The van der Waals surface area contributed by atoms with Crippen LogP contribution in [0.25, 0.3) is 0 Å². The van der Waals surface area contributed by atoms with Crippen LogP contribution in [0, 0.1) is 10.1 Å². The van der Waals surface area contributed by atoms with Crippen molar-refractivity contribution in [2.45, 2.75) is 0 Å². The van der Waals surface area contributed by atoms with Gasteiger partial charge in [-0.1, -0.05) is 35.3 Å². The van der Waals surface area contributed by atoms with Crippen LogP contribution in [-0.2, 0) is 0 Å². The van der Waals surface area contributed by atoms with Crippen molar-refractivity contribution < 1.29 is 9.66 Å². The maximum atomic E-state index is 11.0. The van der Waals surface area contributed by atoms with Gasteiger partial charge in [0.15, 0.2) is 0 Å². The highest BCUT2D eigenvalue weighted by molar-refractivity contribution is 6.42. The fourth-order valence-corrected chi connectivity index (χ4v) is 1.83. The standard InChI is InChI=1S/C12H8Cl2N2O3/c13-7-3-1-5-9(11(7)14)19-10-6-2-4-8(15)12(10)16(17)18/h1-6H,15H2. The molecule has 0 unspecified atom stereocenters. The number of hydrogen-bond acceptors (Lipinski definition) is 4. The number of ether oxygens (including phenoxy) is 1. The van der Waals surface area contributed by atoms with Crippen molar-refractivity contribution >= 4 is 34.6 Å². The second-order valence-electron chi connectivity index (χ2n) is 3.61. The summed E-state index contributed by atoms with van der Waals surface area (Å²) in [6.07, 6.45) is 0. The molecule has 7 heteroatoms. The number of hydrogen-bond donors (Lipinski definition) is 1. The minimum atomic E-state index is -0.608. The third-order valence-corrected chi connectivity index (χ3v) is 3.15. The molecule has 0 aliphatic rings. The number of nitrogen functional groups attached to an aromatic ring is 1. The molecule has 0 bridgehead atoms. The van der Waals surface area contributed by atoms with E-state index in [1.807, 2.05) is 0 Å². The summed E-state index contributed by atoms with van der Waals surface area (Å²) in [7, 11) is 0. The average molecular weight is 299 g/mol. The Morgan fingerprint density at radius 3 is 2.42 bits per heavy atom. The maximum absolute atomic E-state index is 11.0. The molecule has 0 saturated carbocycles. The van der Waals surface area contributed by atoms with Crippen LogP contribution in [-0.4, -0.2) is 4.92 Å². The molecule has 2 aromatic rings. The first-order chi connectivity index (χ1) is 9.00. The molecule has 0 atom stereocenters. The molecule has 2 N–H and O–H groups in total. The van der Waals surface area contributed by atoms with E-state index in [0.717, 1.165) is 0 Å². The van der Waals surface area contributed by atoms with E-state index in [2.05, 4.69) is 0 Å². The molecule has 0 radical (unpaired) electrons. The van der Waals surface area contributed by atoms with Crippen molar-refractivity contribution in [1.29, 1.82) is 0 Å². The zero-order valence-corrected chi connectivity index (χ0v) is 11.0. The molecule has 0 aliphatic carbocycles. The number of nitrogens with two attached hydrogens (primary N) is 1. The summed E-state index contributed by atoms with van der Waals surface area (Å²) in [6, 6.07) is 9.18. The molecule has 98 valence electrons. The van der Waals surface area contributed by atoms with Crippen LogP contribution in [0.1, 0.15) is 0 Å². The Hall–Kier alpha value is -1.98. The number of benzene rings is 2. The van der Waals surface area contributed by atoms with Gasteiger partial charge < -0.3 is 10.5 Å². The Morgan fingerprint density at radius 1 is 1.11 bits per heavy atom. The van der Waals surface area contributed by atoms with Crippen LogP contribution in [0.15, 0.2) is 36.4 Å². The van der Waals surface area contributed by atoms with Gasteiger partial charge in [-0.25, -0.2) is 0 Å². The van der Waals surface area contributed by atoms with E-state index in [0.29, 0.717) is 5.02 Å². The Kier molecular flexibility index (Phi) is 3.78. The van der Waals surface area contributed by atoms with Crippen LogP contribution in [0.4, 0.5) is 11.4 Å². The predicted octanol–water partition coefficient (Wildman–Crippen LogP) is 4.28. The average Bonchev–Trinajstić information content (AvgIpc) is 2.34. The minimum absolute atomic E-state index is 0.00849. The van der Waals surface area contributed by atoms with Gasteiger partial charge in [-0.2, -0.15) is 0 Å². The molecule has 0 aliphatic heterocycles. The molecule has 0 saturated heterocycles. The highest BCUT2D eigenvalue weighted by Gasteiger charge is 2.20. The Labute approximate surface area is 118 Å². The quantitative estimate of drug-likeness (QED) is 0.521. The third-order valence-electron chi connectivity index (χ3n) is 2.35. The summed E-state index contributed by atoms with van der Waals surface area (Å²) >= 11 is 11.8. The zero-order valence-electron chi connectivity index (χ0n) is 9.47. The Balaban J connectivity index is 2.47. The van der Waals surface area contributed by atoms with E-state index in [9.17, 15) is 10.1 Å². The van der Waals surface area contributed by atoms with Crippen molar-refractivity contribution in [2.75, 3.05) is 5.73 Å². The summed E-state index contributed by atoms with van der Waals surface area (Å²) < 4.78 is 5.43. The van der Waals surface area contributed by atoms with Gasteiger partial charge in [0.05, 0.1) is 9.95 Å². The van der Waals surface area contributed by atoms with Gasteiger partial charge in [0.25, 0.3) is 0 Å². The van der Waals surface area contributed by atoms with Crippen LogP contribution < -0.4 is 10.5 Å². The number of rotatable bonds is 3. The Morgan fingerprint density at radius 2 is 1.74 bits per heavy atom. The normalized spacial score (nSPS) is 10.2. The number of halogens is 2. The largest absolute Gasteiger partial charge is 0.448 e. The third kappa shape index (κ3) is 2.72. The number of nitrogens with zero attached hydrogens (tertiary/aromatic N) is 1. The van der Waals surface area contributed by atoms with E-state index in [-0.39, 0.29) is 27.9 Å². The second kappa shape index (κ2) is 5.34. The summed E-state index contributed by atoms with van der Waals surface area (Å²) in [6.45, 7) is 0. The first kappa shape index (κ1) is 13.5.